The summed E-state index contributed by atoms with van der Waals surface area (Å²) in [5.41, 5.74) is 3.48. The van der Waals surface area contributed by atoms with Crippen LogP contribution in [0.3, 0.4) is 0 Å². The van der Waals surface area contributed by atoms with E-state index in [1.165, 1.54) is 11.1 Å². The Kier molecular flexibility index (Phi) is 4.16. The molecule has 0 saturated carbocycles. The van der Waals surface area contributed by atoms with Crippen molar-refractivity contribution in [3.8, 4) is 5.69 Å². The highest BCUT2D eigenvalue weighted by Crippen LogP contribution is 2.17. The van der Waals surface area contributed by atoms with E-state index in [-0.39, 0.29) is 6.03 Å². The number of aryl methyl sites for hydroxylation is 3. The number of amides is 2. The molecule has 1 aromatic heterocycles. The van der Waals surface area contributed by atoms with Crippen LogP contribution in [0, 0.1) is 20.8 Å². The smallest absolute Gasteiger partial charge is 0.323 e. The predicted molar refractivity (Wildman–Crippen MR) is 89.6 cm³/mol. The highest BCUT2D eigenvalue weighted by Gasteiger charge is 2.17. The quantitative estimate of drug-likeness (QED) is 0.792. The molecule has 1 aliphatic rings. The van der Waals surface area contributed by atoms with Crippen LogP contribution in [0.25, 0.3) is 5.69 Å². The lowest BCUT2D eigenvalue weighted by Gasteiger charge is -2.11. The molecule has 0 N–H and O–H groups in total. The number of hydrogen-bond donors (Lipinski definition) is 0. The van der Waals surface area contributed by atoms with E-state index < -0.39 is 0 Å². The summed E-state index contributed by atoms with van der Waals surface area (Å²) in [4.78, 5) is 20.4. The first kappa shape index (κ1) is 15.0. The third-order valence-corrected chi connectivity index (χ3v) is 4.86. The van der Waals surface area contributed by atoms with E-state index >= 15 is 0 Å². The molecule has 4 nitrogen and oxygen atoms in total. The van der Waals surface area contributed by atoms with Gasteiger partial charge in [-0.05, 0) is 50.8 Å². The standard InChI is InChI=1S/C17H21N3OS/c1-12-6-7-13(2)15(10-12)20-11-14(3)22-17(20)18-16(21)19-8-4-5-9-19/h6-7,10-11H,4-5,8-9H2,1-3H3/b18-17-. The monoisotopic (exact) mass is 315 g/mol. The Balaban J connectivity index is 2.06. The highest BCUT2D eigenvalue weighted by atomic mass is 32.1. The molecule has 3 rings (SSSR count). The Morgan fingerprint density at radius 1 is 1.18 bits per heavy atom. The van der Waals surface area contributed by atoms with Gasteiger partial charge in [0.1, 0.15) is 0 Å². The molecule has 0 bridgehead atoms. The number of carbonyl (C=O) groups is 1. The van der Waals surface area contributed by atoms with E-state index in [4.69, 9.17) is 0 Å². The van der Waals surface area contributed by atoms with Gasteiger partial charge in [0, 0.05) is 24.2 Å². The lowest BCUT2D eigenvalue weighted by Crippen LogP contribution is -2.27. The summed E-state index contributed by atoms with van der Waals surface area (Å²) < 4.78 is 2.04. The Bertz CT molecular complexity index is 766. The van der Waals surface area contributed by atoms with Crippen LogP contribution in [-0.2, 0) is 0 Å². The molecule has 5 heteroatoms. The molecule has 1 fully saturated rings. The first-order valence-electron chi connectivity index (χ1n) is 7.65. The minimum absolute atomic E-state index is 0.113. The summed E-state index contributed by atoms with van der Waals surface area (Å²) >= 11 is 1.56. The topological polar surface area (TPSA) is 37.6 Å². The van der Waals surface area contributed by atoms with Crippen molar-refractivity contribution in [3.63, 3.8) is 0 Å². The van der Waals surface area contributed by atoms with Crippen LogP contribution < -0.4 is 4.80 Å². The van der Waals surface area contributed by atoms with Crippen LogP contribution in [0.15, 0.2) is 29.4 Å². The molecule has 2 heterocycles. The molecule has 1 aromatic carbocycles. The lowest BCUT2D eigenvalue weighted by atomic mass is 10.1. The number of thiazole rings is 1. The fourth-order valence-electron chi connectivity index (χ4n) is 2.75. The normalized spacial score (nSPS) is 15.6. The van der Waals surface area contributed by atoms with Crippen molar-refractivity contribution in [2.75, 3.05) is 13.1 Å². The van der Waals surface area contributed by atoms with Gasteiger partial charge in [-0.25, -0.2) is 4.79 Å². The van der Waals surface area contributed by atoms with Gasteiger partial charge in [-0.3, -0.25) is 4.57 Å². The lowest BCUT2D eigenvalue weighted by molar-refractivity contribution is 0.218. The van der Waals surface area contributed by atoms with E-state index in [0.29, 0.717) is 0 Å². The van der Waals surface area contributed by atoms with Gasteiger partial charge in [0.25, 0.3) is 0 Å². The highest BCUT2D eigenvalue weighted by molar-refractivity contribution is 7.09. The second kappa shape index (κ2) is 6.08. The molecule has 0 radical (unpaired) electrons. The number of aromatic nitrogens is 1. The Hall–Kier alpha value is -1.88. The largest absolute Gasteiger partial charge is 0.346 e. The molecule has 116 valence electrons. The Morgan fingerprint density at radius 3 is 2.64 bits per heavy atom. The molecule has 2 amide bonds. The van der Waals surface area contributed by atoms with Gasteiger partial charge in [0.05, 0.1) is 5.69 Å². The number of urea groups is 1. The summed E-state index contributed by atoms with van der Waals surface area (Å²) in [5.74, 6) is 0. The first-order chi connectivity index (χ1) is 10.5. The zero-order valence-electron chi connectivity index (χ0n) is 13.3. The van der Waals surface area contributed by atoms with Crippen molar-refractivity contribution in [1.82, 2.24) is 9.47 Å². The maximum atomic E-state index is 12.3. The molecule has 0 aliphatic carbocycles. The zero-order chi connectivity index (χ0) is 15.7. The van der Waals surface area contributed by atoms with Crippen molar-refractivity contribution < 1.29 is 4.79 Å². The van der Waals surface area contributed by atoms with E-state index in [1.54, 1.807) is 11.3 Å². The second-order valence-corrected chi connectivity index (χ2v) is 7.09. The molecule has 1 saturated heterocycles. The van der Waals surface area contributed by atoms with E-state index in [1.807, 2.05) is 16.4 Å². The average Bonchev–Trinajstić information content (AvgIpc) is 3.11. The van der Waals surface area contributed by atoms with Gasteiger partial charge in [-0.15, -0.1) is 11.3 Å². The molecular weight excluding hydrogens is 294 g/mol. The van der Waals surface area contributed by atoms with Crippen LogP contribution in [0.5, 0.6) is 0 Å². The van der Waals surface area contributed by atoms with Crippen LogP contribution in [0.4, 0.5) is 4.79 Å². The number of carbonyl (C=O) groups excluding carboxylic acids is 1. The van der Waals surface area contributed by atoms with Crippen molar-refractivity contribution in [3.05, 3.63) is 45.2 Å². The van der Waals surface area contributed by atoms with Gasteiger partial charge in [0.15, 0.2) is 4.80 Å². The summed E-state index contributed by atoms with van der Waals surface area (Å²) in [6, 6.07) is 6.24. The van der Waals surface area contributed by atoms with Crippen molar-refractivity contribution in [1.29, 1.82) is 0 Å². The van der Waals surface area contributed by atoms with Gasteiger partial charge in [-0.1, -0.05) is 12.1 Å². The van der Waals surface area contributed by atoms with Crippen LogP contribution in [0.2, 0.25) is 0 Å². The first-order valence-corrected chi connectivity index (χ1v) is 8.46. The van der Waals surface area contributed by atoms with Gasteiger partial charge >= 0.3 is 6.03 Å². The summed E-state index contributed by atoms with van der Waals surface area (Å²) in [5, 5.41) is 0. The predicted octanol–water partition coefficient (Wildman–Crippen LogP) is 3.58. The molecule has 0 spiro atoms. The molecule has 2 aromatic rings. The van der Waals surface area contributed by atoms with Crippen molar-refractivity contribution >= 4 is 17.4 Å². The van der Waals surface area contributed by atoms with E-state index in [0.717, 1.165) is 41.3 Å². The number of rotatable bonds is 1. The minimum atomic E-state index is -0.113. The summed E-state index contributed by atoms with van der Waals surface area (Å²) in [7, 11) is 0. The maximum Gasteiger partial charge on any atom is 0.346 e. The van der Waals surface area contributed by atoms with Crippen LogP contribution in [0.1, 0.15) is 28.8 Å². The third-order valence-electron chi connectivity index (χ3n) is 3.96. The fraction of sp³-hybridized carbons (Fsp3) is 0.412. The Morgan fingerprint density at radius 2 is 1.91 bits per heavy atom. The Labute approximate surface area is 134 Å². The van der Waals surface area contributed by atoms with E-state index in [2.05, 4.69) is 43.2 Å². The molecule has 0 atom stereocenters. The third kappa shape index (κ3) is 2.99. The number of hydrogen-bond acceptors (Lipinski definition) is 2. The van der Waals surface area contributed by atoms with E-state index in [9.17, 15) is 4.79 Å². The summed E-state index contributed by atoms with van der Waals surface area (Å²) in [6.45, 7) is 7.87. The van der Waals surface area contributed by atoms with Gasteiger partial charge in [-0.2, -0.15) is 4.99 Å². The zero-order valence-corrected chi connectivity index (χ0v) is 14.1. The second-order valence-electron chi connectivity index (χ2n) is 5.87. The molecule has 22 heavy (non-hydrogen) atoms. The molecule has 0 unspecified atom stereocenters. The SMILES string of the molecule is Cc1ccc(C)c(-n2cc(C)s/c2=N\C(=O)N2CCCC2)c1. The summed E-state index contributed by atoms with van der Waals surface area (Å²) in [6.07, 6.45) is 4.23. The van der Waals surface area contributed by atoms with Crippen molar-refractivity contribution in [2.45, 2.75) is 33.6 Å². The molecular formula is C17H21N3OS. The van der Waals surface area contributed by atoms with Crippen LogP contribution in [-0.4, -0.2) is 28.6 Å². The maximum absolute atomic E-state index is 12.3. The minimum Gasteiger partial charge on any atom is -0.323 e. The van der Waals surface area contributed by atoms with Crippen molar-refractivity contribution in [2.24, 2.45) is 4.99 Å². The molecule has 1 aliphatic heterocycles. The fourth-order valence-corrected chi connectivity index (χ4v) is 3.56. The average molecular weight is 315 g/mol. The number of nitrogens with zero attached hydrogens (tertiary/aromatic N) is 3. The van der Waals surface area contributed by atoms with Gasteiger partial charge in [0.2, 0.25) is 0 Å². The van der Waals surface area contributed by atoms with Crippen LogP contribution >= 0.6 is 11.3 Å². The van der Waals surface area contributed by atoms with Gasteiger partial charge < -0.3 is 4.90 Å². The number of benzene rings is 1. The number of likely N-dealkylation sites (tertiary alicyclic amines) is 1.